The molecule has 0 aliphatic rings. The van der Waals surface area contributed by atoms with Crippen molar-refractivity contribution in [2.45, 2.75) is 20.0 Å². The minimum absolute atomic E-state index is 0.132. The molecule has 0 spiro atoms. The molecule has 2 aromatic rings. The Hall–Kier alpha value is -2.22. The van der Waals surface area contributed by atoms with Gasteiger partial charge in [-0.1, -0.05) is 17.4 Å². The van der Waals surface area contributed by atoms with E-state index in [1.807, 2.05) is 0 Å². The maximum atomic E-state index is 12.6. The molecule has 0 fully saturated rings. The highest BCUT2D eigenvalue weighted by atomic mass is 32.1. The second-order valence-electron chi connectivity index (χ2n) is 4.52. The van der Waals surface area contributed by atoms with Crippen LogP contribution < -0.4 is 5.32 Å². The number of thiazole rings is 1. The van der Waals surface area contributed by atoms with Crippen molar-refractivity contribution in [3.63, 3.8) is 0 Å². The molecule has 0 atom stereocenters. The molecule has 116 valence electrons. The van der Waals surface area contributed by atoms with Crippen molar-refractivity contribution >= 4 is 28.2 Å². The number of nitrogens with zero attached hydrogens (tertiary/aromatic N) is 1. The number of alkyl halides is 3. The van der Waals surface area contributed by atoms with Crippen molar-refractivity contribution in [1.29, 1.82) is 0 Å². The van der Waals surface area contributed by atoms with Crippen LogP contribution in [0.4, 0.5) is 18.3 Å². The Balaban J connectivity index is 2.23. The Kier molecular flexibility index (Phi) is 4.32. The number of amides is 1. The van der Waals surface area contributed by atoms with Crippen LogP contribution in [0.1, 0.15) is 38.2 Å². The largest absolute Gasteiger partial charge is 0.416 e. The molecule has 8 heteroatoms. The average Bonchev–Trinajstić information content (AvgIpc) is 2.79. The number of hydrogen-bond donors (Lipinski definition) is 1. The zero-order valence-electron chi connectivity index (χ0n) is 11.6. The van der Waals surface area contributed by atoms with Gasteiger partial charge >= 0.3 is 6.18 Å². The molecule has 0 saturated carbocycles. The minimum atomic E-state index is -4.52. The molecule has 0 radical (unpaired) electrons. The van der Waals surface area contributed by atoms with Crippen LogP contribution in [0, 0.1) is 6.92 Å². The van der Waals surface area contributed by atoms with Gasteiger partial charge in [-0.2, -0.15) is 13.2 Å². The van der Waals surface area contributed by atoms with Crippen molar-refractivity contribution in [3.8, 4) is 0 Å². The first-order chi connectivity index (χ1) is 10.2. The molecule has 0 aliphatic carbocycles. The molecule has 1 heterocycles. The van der Waals surface area contributed by atoms with Crippen LogP contribution >= 0.6 is 11.3 Å². The number of halogens is 3. The first kappa shape index (κ1) is 16.2. The second kappa shape index (κ2) is 5.88. The maximum absolute atomic E-state index is 12.6. The molecule has 0 aliphatic heterocycles. The lowest BCUT2D eigenvalue weighted by Gasteiger charge is -2.08. The van der Waals surface area contributed by atoms with E-state index in [9.17, 15) is 22.8 Å². The molecule has 0 unspecified atom stereocenters. The number of hydrogen-bond acceptors (Lipinski definition) is 4. The SMILES string of the molecule is CC(=O)c1sc(NC(=O)c2cccc(C(F)(F)F)c2)nc1C. The van der Waals surface area contributed by atoms with Gasteiger partial charge in [-0.3, -0.25) is 14.9 Å². The molecular formula is C14H11F3N2O2S. The maximum Gasteiger partial charge on any atom is 0.416 e. The van der Waals surface area contributed by atoms with Gasteiger partial charge in [-0.25, -0.2) is 4.98 Å². The van der Waals surface area contributed by atoms with Gasteiger partial charge in [0.1, 0.15) is 0 Å². The summed E-state index contributed by atoms with van der Waals surface area (Å²) in [6, 6.07) is 4.09. The van der Waals surface area contributed by atoms with Crippen LogP contribution in [-0.2, 0) is 6.18 Å². The fourth-order valence-corrected chi connectivity index (χ4v) is 2.64. The Morgan fingerprint density at radius 1 is 1.27 bits per heavy atom. The summed E-state index contributed by atoms with van der Waals surface area (Å²) in [5.74, 6) is -0.899. The van der Waals surface area contributed by atoms with Gasteiger partial charge in [0.05, 0.1) is 16.1 Å². The quantitative estimate of drug-likeness (QED) is 0.869. The molecular weight excluding hydrogens is 317 g/mol. The summed E-state index contributed by atoms with van der Waals surface area (Å²) >= 11 is 0.986. The van der Waals surface area contributed by atoms with Gasteiger partial charge in [0.2, 0.25) is 0 Å². The summed E-state index contributed by atoms with van der Waals surface area (Å²) < 4.78 is 37.9. The number of aryl methyl sites for hydroxylation is 1. The summed E-state index contributed by atoms with van der Waals surface area (Å²) in [7, 11) is 0. The van der Waals surface area contributed by atoms with E-state index in [2.05, 4.69) is 10.3 Å². The topological polar surface area (TPSA) is 59.1 Å². The highest BCUT2D eigenvalue weighted by molar-refractivity contribution is 7.17. The third-order valence-corrected chi connectivity index (χ3v) is 3.96. The number of aromatic nitrogens is 1. The highest BCUT2D eigenvalue weighted by Gasteiger charge is 2.31. The molecule has 2 rings (SSSR count). The van der Waals surface area contributed by atoms with Crippen LogP contribution in [0.15, 0.2) is 24.3 Å². The van der Waals surface area contributed by atoms with Crippen molar-refractivity contribution in [2.75, 3.05) is 5.32 Å². The van der Waals surface area contributed by atoms with Crippen LogP contribution in [0.2, 0.25) is 0 Å². The smallest absolute Gasteiger partial charge is 0.298 e. The van der Waals surface area contributed by atoms with Gasteiger partial charge in [0.25, 0.3) is 5.91 Å². The van der Waals surface area contributed by atoms with Crippen LogP contribution in [-0.4, -0.2) is 16.7 Å². The van der Waals surface area contributed by atoms with Crippen LogP contribution in [0.5, 0.6) is 0 Å². The van der Waals surface area contributed by atoms with E-state index in [0.717, 1.165) is 29.5 Å². The third kappa shape index (κ3) is 3.51. The van der Waals surface area contributed by atoms with Gasteiger partial charge in [0, 0.05) is 12.5 Å². The molecule has 1 amide bonds. The van der Waals surface area contributed by atoms with E-state index in [0.29, 0.717) is 10.6 Å². The van der Waals surface area contributed by atoms with Crippen molar-refractivity contribution < 1.29 is 22.8 Å². The van der Waals surface area contributed by atoms with Crippen molar-refractivity contribution in [1.82, 2.24) is 4.98 Å². The molecule has 4 nitrogen and oxygen atoms in total. The standard InChI is InChI=1S/C14H11F3N2O2S/c1-7-11(8(2)20)22-13(18-7)19-12(21)9-4-3-5-10(6-9)14(15,16)17/h3-6H,1-2H3,(H,18,19,21). The average molecular weight is 328 g/mol. The zero-order chi connectivity index (χ0) is 16.5. The van der Waals surface area contributed by atoms with E-state index in [1.54, 1.807) is 6.92 Å². The normalized spacial score (nSPS) is 11.3. The van der Waals surface area contributed by atoms with Crippen LogP contribution in [0.3, 0.4) is 0 Å². The predicted octanol–water partition coefficient (Wildman–Crippen LogP) is 3.93. The Bertz CT molecular complexity index is 738. The second-order valence-corrected chi connectivity index (χ2v) is 5.52. The predicted molar refractivity (Wildman–Crippen MR) is 76.3 cm³/mol. The van der Waals surface area contributed by atoms with Crippen LogP contribution in [0.25, 0.3) is 0 Å². The van der Waals surface area contributed by atoms with Crippen molar-refractivity contribution in [2.24, 2.45) is 0 Å². The number of rotatable bonds is 3. The summed E-state index contributed by atoms with van der Waals surface area (Å²) in [6.07, 6.45) is -4.52. The summed E-state index contributed by atoms with van der Waals surface area (Å²) in [4.78, 5) is 27.7. The highest BCUT2D eigenvalue weighted by Crippen LogP contribution is 2.30. The summed E-state index contributed by atoms with van der Waals surface area (Å²) in [5.41, 5.74) is -0.566. The van der Waals surface area contributed by atoms with Gasteiger partial charge in [-0.05, 0) is 25.1 Å². The molecule has 1 N–H and O–H groups in total. The molecule has 1 aromatic heterocycles. The summed E-state index contributed by atoms with van der Waals surface area (Å²) in [5, 5.41) is 2.57. The van der Waals surface area contributed by atoms with Gasteiger partial charge in [-0.15, -0.1) is 0 Å². The first-order valence-corrected chi connectivity index (χ1v) is 6.97. The van der Waals surface area contributed by atoms with E-state index in [4.69, 9.17) is 0 Å². The number of anilines is 1. The van der Waals surface area contributed by atoms with Gasteiger partial charge < -0.3 is 0 Å². The monoisotopic (exact) mass is 328 g/mol. The summed E-state index contributed by atoms with van der Waals surface area (Å²) in [6.45, 7) is 2.99. The minimum Gasteiger partial charge on any atom is -0.298 e. The Morgan fingerprint density at radius 2 is 1.95 bits per heavy atom. The molecule has 22 heavy (non-hydrogen) atoms. The lowest BCUT2D eigenvalue weighted by atomic mass is 10.1. The van der Waals surface area contributed by atoms with Gasteiger partial charge in [0.15, 0.2) is 10.9 Å². The Morgan fingerprint density at radius 3 is 2.50 bits per heavy atom. The molecule has 0 bridgehead atoms. The van der Waals surface area contributed by atoms with E-state index in [1.165, 1.54) is 13.0 Å². The number of benzene rings is 1. The molecule has 0 saturated heterocycles. The van der Waals surface area contributed by atoms with Crippen molar-refractivity contribution in [3.05, 3.63) is 46.0 Å². The number of ketones is 1. The number of carbonyl (C=O) groups is 2. The fraction of sp³-hybridized carbons (Fsp3) is 0.214. The lowest BCUT2D eigenvalue weighted by molar-refractivity contribution is -0.137. The number of carbonyl (C=O) groups excluding carboxylic acids is 2. The van der Waals surface area contributed by atoms with E-state index >= 15 is 0 Å². The number of Topliss-reactive ketones (excluding diaryl/α,β-unsaturated/α-hetero) is 1. The van der Waals surface area contributed by atoms with E-state index < -0.39 is 17.6 Å². The third-order valence-electron chi connectivity index (χ3n) is 2.79. The van der Waals surface area contributed by atoms with E-state index in [-0.39, 0.29) is 16.5 Å². The lowest BCUT2D eigenvalue weighted by Crippen LogP contribution is -2.13. The Labute approximate surface area is 128 Å². The number of nitrogens with one attached hydrogen (secondary N) is 1. The fourth-order valence-electron chi connectivity index (χ4n) is 1.78. The zero-order valence-corrected chi connectivity index (χ0v) is 12.4. The first-order valence-electron chi connectivity index (χ1n) is 6.15. The molecule has 1 aromatic carbocycles.